The zero-order valence-corrected chi connectivity index (χ0v) is 13.7. The predicted molar refractivity (Wildman–Crippen MR) is 89.0 cm³/mol. The zero-order chi connectivity index (χ0) is 19.6. The van der Waals surface area contributed by atoms with Gasteiger partial charge in [0, 0.05) is 6.54 Å². The van der Waals surface area contributed by atoms with Crippen LogP contribution in [0.2, 0.25) is 0 Å². The molecule has 142 valence electrons. The van der Waals surface area contributed by atoms with Crippen molar-refractivity contribution in [3.63, 3.8) is 0 Å². The van der Waals surface area contributed by atoms with E-state index in [2.05, 4.69) is 9.72 Å². The standard InChI is InChI=1S/C16H14F2N4O5/c17-13(18)11-8-26-12-6-10(22(24)25)15(27-16(19)23)20-14(12)21(11)7-9-4-2-1-3-5-9/h1-6,11,13H,7-8H2,(H2,19,23)/t11-/m0/s1. The van der Waals surface area contributed by atoms with Gasteiger partial charge in [-0.05, 0) is 5.56 Å². The third-order valence-electron chi connectivity index (χ3n) is 3.88. The molecule has 27 heavy (non-hydrogen) atoms. The number of alkyl halides is 2. The van der Waals surface area contributed by atoms with E-state index in [1.165, 1.54) is 4.90 Å². The summed E-state index contributed by atoms with van der Waals surface area (Å²) in [7, 11) is 0. The van der Waals surface area contributed by atoms with E-state index in [0.29, 0.717) is 5.56 Å². The molecule has 1 aromatic heterocycles. The van der Waals surface area contributed by atoms with Crippen LogP contribution in [0.1, 0.15) is 5.56 Å². The number of rotatable bonds is 5. The summed E-state index contributed by atoms with van der Waals surface area (Å²) < 4.78 is 36.9. The molecule has 0 bridgehead atoms. The molecule has 0 radical (unpaired) electrons. The van der Waals surface area contributed by atoms with E-state index >= 15 is 0 Å². The Morgan fingerprint density at radius 1 is 1.44 bits per heavy atom. The molecular weight excluding hydrogens is 366 g/mol. The molecule has 0 spiro atoms. The lowest BCUT2D eigenvalue weighted by Gasteiger charge is -2.37. The van der Waals surface area contributed by atoms with Gasteiger partial charge in [0.1, 0.15) is 12.6 Å². The van der Waals surface area contributed by atoms with E-state index in [1.807, 2.05) is 0 Å². The van der Waals surface area contributed by atoms with Gasteiger partial charge in [0.2, 0.25) is 0 Å². The molecule has 1 aliphatic heterocycles. The molecule has 9 nitrogen and oxygen atoms in total. The Balaban J connectivity index is 2.08. The maximum atomic E-state index is 13.5. The van der Waals surface area contributed by atoms with Gasteiger partial charge in [-0.2, -0.15) is 4.98 Å². The number of nitrogens with two attached hydrogens (primary N) is 1. The topological polar surface area (TPSA) is 121 Å². The molecule has 11 heteroatoms. The number of halogens is 2. The number of anilines is 1. The number of aromatic nitrogens is 1. The molecule has 3 rings (SSSR count). The summed E-state index contributed by atoms with van der Waals surface area (Å²) in [4.78, 5) is 26.5. The maximum absolute atomic E-state index is 13.5. The minimum atomic E-state index is -2.76. The quantitative estimate of drug-likeness (QED) is 0.625. The normalized spacial score (nSPS) is 15.8. The number of primary amides is 1. The van der Waals surface area contributed by atoms with Crippen LogP contribution in [0, 0.1) is 10.1 Å². The smallest absolute Gasteiger partial charge is 0.411 e. The second-order valence-electron chi connectivity index (χ2n) is 5.64. The van der Waals surface area contributed by atoms with Crippen LogP contribution in [0.25, 0.3) is 0 Å². The van der Waals surface area contributed by atoms with Crippen LogP contribution in [0.5, 0.6) is 11.6 Å². The summed E-state index contributed by atoms with van der Waals surface area (Å²) in [6.07, 6.45) is -4.08. The first-order chi connectivity index (χ1) is 12.9. The van der Waals surface area contributed by atoms with Gasteiger partial charge in [0.25, 0.3) is 6.43 Å². The summed E-state index contributed by atoms with van der Waals surface area (Å²) in [5, 5.41) is 11.2. The average molecular weight is 380 g/mol. The van der Waals surface area contributed by atoms with Crippen molar-refractivity contribution in [2.75, 3.05) is 11.5 Å². The van der Waals surface area contributed by atoms with Crippen molar-refractivity contribution >= 4 is 17.6 Å². The number of carbonyl (C=O) groups excluding carboxylic acids is 1. The highest BCUT2D eigenvalue weighted by Crippen LogP contribution is 2.41. The number of pyridine rings is 1. The lowest BCUT2D eigenvalue weighted by Crippen LogP contribution is -2.47. The SMILES string of the molecule is NC(=O)Oc1nc2c(cc1[N+](=O)[O-])OC[C@@H](C(F)F)N2Cc1ccccc1. The highest BCUT2D eigenvalue weighted by molar-refractivity contribution is 5.71. The largest absolute Gasteiger partial charge is 0.487 e. The van der Waals surface area contributed by atoms with Crippen molar-refractivity contribution < 1.29 is 28.0 Å². The number of ether oxygens (including phenoxy) is 2. The van der Waals surface area contributed by atoms with E-state index in [-0.39, 0.29) is 24.7 Å². The Hall–Kier alpha value is -3.50. The van der Waals surface area contributed by atoms with Crippen molar-refractivity contribution in [3.8, 4) is 11.6 Å². The molecular formula is C16H14F2N4O5. The molecule has 2 N–H and O–H groups in total. The summed E-state index contributed by atoms with van der Waals surface area (Å²) in [5.41, 5.74) is 4.97. The first-order valence-electron chi connectivity index (χ1n) is 7.75. The fourth-order valence-electron chi connectivity index (χ4n) is 2.68. The van der Waals surface area contributed by atoms with Crippen LogP contribution in [-0.2, 0) is 6.54 Å². The molecule has 1 atom stereocenters. The molecule has 0 fully saturated rings. The van der Waals surface area contributed by atoms with E-state index in [4.69, 9.17) is 10.5 Å². The Labute approximate surface area is 151 Å². The summed E-state index contributed by atoms with van der Waals surface area (Å²) in [6.45, 7) is -0.334. The molecule has 1 amide bonds. The average Bonchev–Trinajstić information content (AvgIpc) is 2.61. The number of hydrogen-bond donors (Lipinski definition) is 1. The fourth-order valence-corrected chi connectivity index (χ4v) is 2.68. The third kappa shape index (κ3) is 3.86. The molecule has 0 unspecified atom stereocenters. The van der Waals surface area contributed by atoms with Gasteiger partial charge < -0.3 is 20.1 Å². The maximum Gasteiger partial charge on any atom is 0.411 e. The summed E-state index contributed by atoms with van der Waals surface area (Å²) in [6, 6.07) is 8.39. The van der Waals surface area contributed by atoms with Gasteiger partial charge in [-0.1, -0.05) is 30.3 Å². The number of fused-ring (bicyclic) bond motifs is 1. The van der Waals surface area contributed by atoms with Crippen molar-refractivity contribution in [2.45, 2.75) is 19.0 Å². The number of amides is 1. The molecule has 1 aliphatic rings. The Kier molecular flexibility index (Phi) is 5.01. The van der Waals surface area contributed by atoms with Crippen molar-refractivity contribution in [3.05, 3.63) is 52.1 Å². The first-order valence-corrected chi connectivity index (χ1v) is 7.75. The predicted octanol–water partition coefficient (Wildman–Crippen LogP) is 2.48. The number of nitro groups is 1. The summed E-state index contributed by atoms with van der Waals surface area (Å²) >= 11 is 0. The minimum Gasteiger partial charge on any atom is -0.487 e. The van der Waals surface area contributed by atoms with Gasteiger partial charge in [-0.15, -0.1) is 0 Å². The van der Waals surface area contributed by atoms with Crippen molar-refractivity contribution in [1.82, 2.24) is 4.98 Å². The molecule has 0 aliphatic carbocycles. The molecule has 2 aromatic rings. The van der Waals surface area contributed by atoms with Crippen molar-refractivity contribution in [2.24, 2.45) is 5.73 Å². The monoisotopic (exact) mass is 380 g/mol. The second-order valence-corrected chi connectivity index (χ2v) is 5.64. The molecule has 2 heterocycles. The second kappa shape index (κ2) is 7.40. The van der Waals surface area contributed by atoms with Crippen LogP contribution in [0.15, 0.2) is 36.4 Å². The van der Waals surface area contributed by atoms with Gasteiger partial charge in [0.15, 0.2) is 11.6 Å². The van der Waals surface area contributed by atoms with E-state index in [9.17, 15) is 23.7 Å². The van der Waals surface area contributed by atoms with Crippen LogP contribution in [0.4, 0.5) is 25.1 Å². The van der Waals surface area contributed by atoms with Gasteiger partial charge in [0.05, 0.1) is 11.0 Å². The van der Waals surface area contributed by atoms with Gasteiger partial charge >= 0.3 is 17.7 Å². The van der Waals surface area contributed by atoms with E-state index in [1.54, 1.807) is 30.3 Å². The lowest BCUT2D eigenvalue weighted by atomic mass is 10.1. The van der Waals surface area contributed by atoms with Gasteiger partial charge in [-0.25, -0.2) is 13.6 Å². The molecule has 1 aromatic carbocycles. The number of carbonyl (C=O) groups is 1. The van der Waals surface area contributed by atoms with Crippen molar-refractivity contribution in [1.29, 1.82) is 0 Å². The Bertz CT molecular complexity index is 865. The van der Waals surface area contributed by atoms with Crippen LogP contribution in [-0.4, -0.2) is 35.1 Å². The number of benzene rings is 1. The van der Waals surface area contributed by atoms with E-state index in [0.717, 1.165) is 6.07 Å². The highest BCUT2D eigenvalue weighted by Gasteiger charge is 2.37. The number of hydrogen-bond acceptors (Lipinski definition) is 7. The van der Waals surface area contributed by atoms with Crippen LogP contribution in [0.3, 0.4) is 0 Å². The van der Waals surface area contributed by atoms with Gasteiger partial charge in [-0.3, -0.25) is 10.1 Å². The lowest BCUT2D eigenvalue weighted by molar-refractivity contribution is -0.386. The first kappa shape index (κ1) is 18.3. The summed E-state index contributed by atoms with van der Waals surface area (Å²) in [5.74, 6) is -0.855. The molecule has 0 saturated heterocycles. The Morgan fingerprint density at radius 3 is 2.74 bits per heavy atom. The third-order valence-corrected chi connectivity index (χ3v) is 3.88. The minimum absolute atomic E-state index is 0.0486. The number of nitrogens with zero attached hydrogens (tertiary/aromatic N) is 3. The molecule has 0 saturated carbocycles. The fraction of sp³-hybridized carbons (Fsp3) is 0.250. The van der Waals surface area contributed by atoms with Crippen LogP contribution >= 0.6 is 0 Å². The zero-order valence-electron chi connectivity index (χ0n) is 13.7. The highest BCUT2D eigenvalue weighted by atomic mass is 19.3. The van der Waals surface area contributed by atoms with Crippen LogP contribution < -0.4 is 20.1 Å². The van der Waals surface area contributed by atoms with E-state index < -0.39 is 35.1 Å². The Morgan fingerprint density at radius 2 is 2.15 bits per heavy atom.